The van der Waals surface area contributed by atoms with Gasteiger partial charge in [-0.3, -0.25) is 0 Å². The smallest absolute Gasteiger partial charge is 0.128 e. The first kappa shape index (κ1) is 12.4. The Kier molecular flexibility index (Phi) is 3.11. The molecule has 2 nitrogen and oxygen atoms in total. The minimum absolute atomic E-state index is 0.270. The quantitative estimate of drug-likeness (QED) is 0.817. The summed E-state index contributed by atoms with van der Waals surface area (Å²) in [6.07, 6.45) is 6.76. The molecular weight excluding hydrogens is 258 g/mol. The number of aromatic amines is 1. The van der Waals surface area contributed by atoms with Crippen LogP contribution in [-0.4, -0.2) is 9.86 Å². The van der Waals surface area contributed by atoms with E-state index in [1.807, 2.05) is 37.3 Å². The normalized spacial score (nSPS) is 22.5. The van der Waals surface area contributed by atoms with E-state index in [1.165, 1.54) is 5.39 Å². The molecule has 0 fully saturated rings. The average molecular weight is 274 g/mol. The summed E-state index contributed by atoms with van der Waals surface area (Å²) in [5.74, 6) is 0.886. The maximum atomic E-state index is 6.21. The van der Waals surface area contributed by atoms with Gasteiger partial charge < -0.3 is 9.72 Å². The third-order valence-electron chi connectivity index (χ3n) is 3.28. The number of H-pyrrole nitrogens is 1. The number of rotatable bonds is 3. The third kappa shape index (κ3) is 2.85. The molecule has 0 spiro atoms. The van der Waals surface area contributed by atoms with Crippen LogP contribution in [0.25, 0.3) is 10.9 Å². The highest BCUT2D eigenvalue weighted by Crippen LogP contribution is 2.27. The standard InChI is InChI=1S/C16H16ClNO/c1-16(17)8-6-14(7-9-16)19-11-13-10-12-4-2-3-5-15(12)18-13/h2-8,10,18H,9,11H2,1H3. The molecule has 0 saturated carbocycles. The first-order valence-electron chi connectivity index (χ1n) is 6.40. The Labute approximate surface area is 117 Å². The van der Waals surface area contributed by atoms with Gasteiger partial charge in [0.1, 0.15) is 12.4 Å². The molecule has 3 heteroatoms. The fourth-order valence-electron chi connectivity index (χ4n) is 2.17. The minimum atomic E-state index is -0.270. The summed E-state index contributed by atoms with van der Waals surface area (Å²) < 4.78 is 5.78. The lowest BCUT2D eigenvalue weighted by atomic mass is 10.0. The van der Waals surface area contributed by atoms with E-state index in [-0.39, 0.29) is 4.87 Å². The molecule has 0 aliphatic heterocycles. The maximum absolute atomic E-state index is 6.21. The van der Waals surface area contributed by atoms with E-state index in [0.29, 0.717) is 6.61 Å². The molecule has 0 saturated heterocycles. The Balaban J connectivity index is 1.67. The molecule has 1 aliphatic rings. The van der Waals surface area contributed by atoms with Crippen molar-refractivity contribution in [2.75, 3.05) is 0 Å². The fourth-order valence-corrected chi connectivity index (χ4v) is 2.31. The van der Waals surface area contributed by atoms with Crippen LogP contribution in [0.2, 0.25) is 0 Å². The highest BCUT2D eigenvalue weighted by Gasteiger charge is 2.19. The van der Waals surface area contributed by atoms with E-state index in [1.54, 1.807) is 0 Å². The Hall–Kier alpha value is -1.67. The van der Waals surface area contributed by atoms with Crippen LogP contribution in [0.3, 0.4) is 0 Å². The molecule has 3 rings (SSSR count). The maximum Gasteiger partial charge on any atom is 0.128 e. The van der Waals surface area contributed by atoms with Gasteiger partial charge in [-0.1, -0.05) is 24.3 Å². The summed E-state index contributed by atoms with van der Waals surface area (Å²) in [4.78, 5) is 3.08. The molecule has 1 aliphatic carbocycles. The predicted octanol–water partition coefficient (Wildman–Crippen LogP) is 4.53. The molecule has 1 aromatic heterocycles. The second-order valence-corrected chi connectivity index (χ2v) is 5.96. The van der Waals surface area contributed by atoms with Gasteiger partial charge in [0.25, 0.3) is 0 Å². The average Bonchev–Trinajstić information content (AvgIpc) is 2.80. The Morgan fingerprint density at radius 3 is 2.95 bits per heavy atom. The number of aromatic nitrogens is 1. The number of para-hydroxylation sites is 1. The zero-order chi connectivity index (χ0) is 13.3. The number of fused-ring (bicyclic) bond motifs is 1. The van der Waals surface area contributed by atoms with Gasteiger partial charge in [-0.25, -0.2) is 0 Å². The SMILES string of the molecule is CC1(Cl)C=CC(OCc2cc3ccccc3[nH]2)=CC1. The van der Waals surface area contributed by atoms with E-state index in [9.17, 15) is 0 Å². The number of alkyl halides is 1. The highest BCUT2D eigenvalue weighted by atomic mass is 35.5. The molecule has 1 aromatic carbocycles. The molecule has 2 aromatic rings. The Morgan fingerprint density at radius 1 is 1.37 bits per heavy atom. The van der Waals surface area contributed by atoms with Gasteiger partial charge in [0.05, 0.1) is 10.6 Å². The summed E-state index contributed by atoms with van der Waals surface area (Å²) in [5.41, 5.74) is 2.22. The van der Waals surface area contributed by atoms with Crippen molar-refractivity contribution in [2.24, 2.45) is 0 Å². The minimum Gasteiger partial charge on any atom is -0.488 e. The number of nitrogens with one attached hydrogen (secondary N) is 1. The molecule has 1 heterocycles. The fraction of sp³-hybridized carbons (Fsp3) is 0.250. The second-order valence-electron chi connectivity index (χ2n) is 5.09. The van der Waals surface area contributed by atoms with Gasteiger partial charge in [0.2, 0.25) is 0 Å². The van der Waals surface area contributed by atoms with E-state index in [0.717, 1.165) is 23.4 Å². The van der Waals surface area contributed by atoms with Crippen LogP contribution in [0.5, 0.6) is 0 Å². The molecule has 1 unspecified atom stereocenters. The van der Waals surface area contributed by atoms with Gasteiger partial charge in [-0.15, -0.1) is 11.6 Å². The summed E-state index contributed by atoms with van der Waals surface area (Å²) in [5, 5.41) is 1.21. The number of hydrogen-bond donors (Lipinski definition) is 1. The predicted molar refractivity (Wildman–Crippen MR) is 79.2 cm³/mol. The number of hydrogen-bond acceptors (Lipinski definition) is 1. The molecule has 0 bridgehead atoms. The van der Waals surface area contributed by atoms with E-state index >= 15 is 0 Å². The second kappa shape index (κ2) is 4.78. The van der Waals surface area contributed by atoms with Crippen molar-refractivity contribution in [2.45, 2.75) is 24.8 Å². The molecule has 98 valence electrons. The van der Waals surface area contributed by atoms with Gasteiger partial charge in [-0.2, -0.15) is 0 Å². The van der Waals surface area contributed by atoms with Crippen molar-refractivity contribution in [3.63, 3.8) is 0 Å². The molecular formula is C16H16ClNO. The first-order chi connectivity index (χ1) is 9.12. The monoisotopic (exact) mass is 273 g/mol. The summed E-state index contributed by atoms with van der Waals surface area (Å²) in [6.45, 7) is 2.54. The zero-order valence-corrected chi connectivity index (χ0v) is 11.6. The highest BCUT2D eigenvalue weighted by molar-refractivity contribution is 6.25. The zero-order valence-electron chi connectivity index (χ0n) is 10.8. The van der Waals surface area contributed by atoms with Crippen LogP contribution in [0.15, 0.2) is 54.3 Å². The summed E-state index contributed by atoms with van der Waals surface area (Å²) in [7, 11) is 0. The van der Waals surface area contributed by atoms with Gasteiger partial charge in [0.15, 0.2) is 0 Å². The lowest BCUT2D eigenvalue weighted by Crippen LogP contribution is -2.14. The Morgan fingerprint density at radius 2 is 2.21 bits per heavy atom. The van der Waals surface area contributed by atoms with Crippen LogP contribution in [0, 0.1) is 0 Å². The van der Waals surface area contributed by atoms with E-state index in [2.05, 4.69) is 23.2 Å². The van der Waals surface area contributed by atoms with Gasteiger partial charge in [0, 0.05) is 5.52 Å². The summed E-state index contributed by atoms with van der Waals surface area (Å²) in [6, 6.07) is 10.3. The first-order valence-corrected chi connectivity index (χ1v) is 6.78. The molecule has 0 radical (unpaired) electrons. The number of halogens is 1. The number of ether oxygens (including phenoxy) is 1. The largest absolute Gasteiger partial charge is 0.488 e. The summed E-state index contributed by atoms with van der Waals surface area (Å²) >= 11 is 6.21. The molecule has 0 amide bonds. The van der Waals surface area contributed by atoms with E-state index in [4.69, 9.17) is 16.3 Å². The van der Waals surface area contributed by atoms with Crippen LogP contribution in [0.4, 0.5) is 0 Å². The third-order valence-corrected chi connectivity index (χ3v) is 3.56. The lowest BCUT2D eigenvalue weighted by molar-refractivity contribution is 0.205. The van der Waals surface area contributed by atoms with Crippen molar-refractivity contribution in [3.8, 4) is 0 Å². The van der Waals surface area contributed by atoms with Crippen molar-refractivity contribution in [1.29, 1.82) is 0 Å². The Bertz CT molecular complexity index is 619. The van der Waals surface area contributed by atoms with Gasteiger partial charge >= 0.3 is 0 Å². The lowest BCUT2D eigenvalue weighted by Gasteiger charge is -2.20. The van der Waals surface area contributed by atoms with Crippen LogP contribution < -0.4 is 0 Å². The van der Waals surface area contributed by atoms with Crippen LogP contribution >= 0.6 is 11.6 Å². The van der Waals surface area contributed by atoms with Gasteiger partial charge in [-0.05, 0) is 43.0 Å². The van der Waals surface area contributed by atoms with Crippen molar-refractivity contribution >= 4 is 22.5 Å². The number of allylic oxidation sites excluding steroid dienone is 3. The van der Waals surface area contributed by atoms with Crippen LogP contribution in [0.1, 0.15) is 19.0 Å². The van der Waals surface area contributed by atoms with Crippen molar-refractivity contribution in [3.05, 3.63) is 60.0 Å². The van der Waals surface area contributed by atoms with Crippen LogP contribution in [-0.2, 0) is 11.3 Å². The number of benzene rings is 1. The molecule has 1 N–H and O–H groups in total. The van der Waals surface area contributed by atoms with Crippen molar-refractivity contribution < 1.29 is 4.74 Å². The molecule has 1 atom stereocenters. The molecule has 19 heavy (non-hydrogen) atoms. The van der Waals surface area contributed by atoms with Crippen molar-refractivity contribution in [1.82, 2.24) is 4.98 Å². The van der Waals surface area contributed by atoms with E-state index < -0.39 is 0 Å². The topological polar surface area (TPSA) is 25.0 Å².